The van der Waals surface area contributed by atoms with Gasteiger partial charge in [-0.1, -0.05) is 11.8 Å². The maximum atomic E-state index is 11.5. The first-order valence-corrected chi connectivity index (χ1v) is 7.36. The van der Waals surface area contributed by atoms with Gasteiger partial charge in [-0.25, -0.2) is 9.78 Å². The van der Waals surface area contributed by atoms with E-state index < -0.39 is 11.9 Å². The van der Waals surface area contributed by atoms with Crippen molar-refractivity contribution in [1.82, 2.24) is 4.98 Å². The van der Waals surface area contributed by atoms with Gasteiger partial charge in [0.1, 0.15) is 9.90 Å². The highest BCUT2D eigenvalue weighted by Crippen LogP contribution is 2.33. The van der Waals surface area contributed by atoms with Gasteiger partial charge in [-0.15, -0.1) is 11.3 Å². The van der Waals surface area contributed by atoms with Gasteiger partial charge in [-0.3, -0.25) is 4.79 Å². The van der Waals surface area contributed by atoms with Crippen LogP contribution in [0.25, 0.3) is 0 Å². The van der Waals surface area contributed by atoms with Gasteiger partial charge in [0.2, 0.25) is 0 Å². The lowest BCUT2D eigenvalue weighted by Crippen LogP contribution is -2.15. The number of rotatable bonds is 4. The number of nitrogens with zero attached hydrogens (tertiary/aromatic N) is 1. The summed E-state index contributed by atoms with van der Waals surface area (Å²) in [5.41, 5.74) is 7.31. The Hall–Kier alpha value is -1.86. The molecule has 0 fully saturated rings. The predicted octanol–water partition coefficient (Wildman–Crippen LogP) is 2.71. The molecule has 20 heavy (non-hydrogen) atoms. The van der Waals surface area contributed by atoms with Gasteiger partial charge in [-0.2, -0.15) is 0 Å². The SMILES string of the molecule is Cc1cc(C)c(C(N)=O)c(Sc2csc(C(=O)O)c2)n1. The van der Waals surface area contributed by atoms with Crippen LogP contribution in [0.5, 0.6) is 0 Å². The lowest BCUT2D eigenvalue weighted by molar-refractivity contribution is 0.0701. The lowest BCUT2D eigenvalue weighted by Gasteiger charge is -2.09. The number of thiophene rings is 1. The van der Waals surface area contributed by atoms with E-state index in [-0.39, 0.29) is 4.88 Å². The van der Waals surface area contributed by atoms with Crippen LogP contribution >= 0.6 is 23.1 Å². The van der Waals surface area contributed by atoms with E-state index in [1.54, 1.807) is 24.4 Å². The Morgan fingerprint density at radius 2 is 2.05 bits per heavy atom. The number of hydrogen-bond donors (Lipinski definition) is 2. The smallest absolute Gasteiger partial charge is 0.345 e. The van der Waals surface area contributed by atoms with Crippen molar-refractivity contribution in [3.8, 4) is 0 Å². The maximum Gasteiger partial charge on any atom is 0.345 e. The second kappa shape index (κ2) is 5.64. The fourth-order valence-corrected chi connectivity index (χ4v) is 3.74. The molecule has 2 rings (SSSR count). The summed E-state index contributed by atoms with van der Waals surface area (Å²) in [6.45, 7) is 3.63. The molecular formula is C13H12N2O3S2. The summed E-state index contributed by atoms with van der Waals surface area (Å²) in [6.07, 6.45) is 0. The maximum absolute atomic E-state index is 11.5. The number of hydrogen-bond acceptors (Lipinski definition) is 5. The number of pyridine rings is 1. The Labute approximate surface area is 123 Å². The second-order valence-electron chi connectivity index (χ2n) is 4.18. The molecule has 0 aromatic carbocycles. The Kier molecular flexibility index (Phi) is 4.10. The van der Waals surface area contributed by atoms with Crippen molar-refractivity contribution >= 4 is 35.0 Å². The van der Waals surface area contributed by atoms with Crippen LogP contribution in [0.2, 0.25) is 0 Å². The number of amides is 1. The van der Waals surface area contributed by atoms with Crippen LogP contribution < -0.4 is 5.73 Å². The zero-order valence-electron chi connectivity index (χ0n) is 10.8. The summed E-state index contributed by atoms with van der Waals surface area (Å²) in [5, 5.41) is 11.1. The monoisotopic (exact) mass is 308 g/mol. The largest absolute Gasteiger partial charge is 0.477 e. The number of carboxylic acids is 1. The van der Waals surface area contributed by atoms with Crippen LogP contribution in [-0.4, -0.2) is 22.0 Å². The van der Waals surface area contributed by atoms with Crippen LogP contribution in [0, 0.1) is 13.8 Å². The molecular weight excluding hydrogens is 296 g/mol. The first-order chi connectivity index (χ1) is 9.38. The van der Waals surface area contributed by atoms with Gasteiger partial charge in [0.25, 0.3) is 5.91 Å². The molecule has 0 radical (unpaired) electrons. The summed E-state index contributed by atoms with van der Waals surface area (Å²) >= 11 is 2.38. The van der Waals surface area contributed by atoms with Crippen molar-refractivity contribution in [2.45, 2.75) is 23.8 Å². The summed E-state index contributed by atoms with van der Waals surface area (Å²) in [5.74, 6) is -1.50. The third kappa shape index (κ3) is 3.00. The van der Waals surface area contributed by atoms with Crippen LogP contribution in [0.1, 0.15) is 31.3 Å². The molecule has 2 aromatic heterocycles. The predicted molar refractivity (Wildman–Crippen MR) is 77.6 cm³/mol. The number of carboxylic acid groups (broad SMARTS) is 1. The van der Waals surface area contributed by atoms with Crippen LogP contribution in [0.4, 0.5) is 0 Å². The Bertz CT molecular complexity index is 695. The van der Waals surface area contributed by atoms with Crippen LogP contribution in [0.15, 0.2) is 27.4 Å². The van der Waals surface area contributed by atoms with Crippen molar-refractivity contribution < 1.29 is 14.7 Å². The molecule has 2 aromatic rings. The topological polar surface area (TPSA) is 93.3 Å². The van der Waals surface area contributed by atoms with E-state index in [1.807, 2.05) is 6.92 Å². The lowest BCUT2D eigenvalue weighted by atomic mass is 10.1. The number of carbonyl (C=O) groups excluding carboxylic acids is 1. The van der Waals surface area contributed by atoms with E-state index in [2.05, 4.69) is 4.98 Å². The molecule has 0 saturated carbocycles. The van der Waals surface area contributed by atoms with E-state index in [4.69, 9.17) is 10.8 Å². The summed E-state index contributed by atoms with van der Waals surface area (Å²) in [7, 11) is 0. The van der Waals surface area contributed by atoms with Crippen LogP contribution in [0.3, 0.4) is 0 Å². The number of aromatic nitrogens is 1. The van der Waals surface area contributed by atoms with E-state index in [0.29, 0.717) is 10.6 Å². The summed E-state index contributed by atoms with van der Waals surface area (Å²) in [6, 6.07) is 3.35. The van der Waals surface area contributed by atoms with Crippen molar-refractivity contribution in [1.29, 1.82) is 0 Å². The summed E-state index contributed by atoms with van der Waals surface area (Å²) < 4.78 is 0. The number of aromatic carboxylic acids is 1. The number of primary amides is 1. The fourth-order valence-electron chi connectivity index (χ4n) is 1.77. The highest BCUT2D eigenvalue weighted by Gasteiger charge is 2.16. The standard InChI is InChI=1S/C13H12N2O3S2/c1-6-3-7(2)15-12(10(6)11(14)16)20-8-4-9(13(17)18)19-5-8/h3-5H,1-2H3,(H2,14,16)(H,17,18). The average molecular weight is 308 g/mol. The highest BCUT2D eigenvalue weighted by molar-refractivity contribution is 7.99. The first-order valence-electron chi connectivity index (χ1n) is 5.66. The van der Waals surface area contributed by atoms with E-state index in [0.717, 1.165) is 27.5 Å². The second-order valence-corrected chi connectivity index (χ2v) is 6.15. The molecule has 7 heteroatoms. The Morgan fingerprint density at radius 3 is 2.60 bits per heavy atom. The molecule has 0 aliphatic carbocycles. The molecule has 0 aliphatic heterocycles. The first kappa shape index (κ1) is 14.5. The molecule has 3 N–H and O–H groups in total. The van der Waals surface area contributed by atoms with E-state index in [9.17, 15) is 9.59 Å². The third-order valence-electron chi connectivity index (χ3n) is 2.56. The zero-order valence-corrected chi connectivity index (χ0v) is 12.5. The number of aryl methyl sites for hydroxylation is 2. The summed E-state index contributed by atoms with van der Waals surface area (Å²) in [4.78, 5) is 27.7. The van der Waals surface area contributed by atoms with Crippen molar-refractivity contribution in [3.63, 3.8) is 0 Å². The molecule has 0 bridgehead atoms. The van der Waals surface area contributed by atoms with Gasteiger partial charge in [0, 0.05) is 16.0 Å². The third-order valence-corrected chi connectivity index (χ3v) is 4.59. The Morgan fingerprint density at radius 1 is 1.35 bits per heavy atom. The minimum absolute atomic E-state index is 0.248. The van der Waals surface area contributed by atoms with Gasteiger partial charge in [-0.05, 0) is 31.5 Å². The molecule has 0 spiro atoms. The van der Waals surface area contributed by atoms with Gasteiger partial charge < -0.3 is 10.8 Å². The van der Waals surface area contributed by atoms with Crippen LogP contribution in [-0.2, 0) is 0 Å². The molecule has 104 valence electrons. The fraction of sp³-hybridized carbons (Fsp3) is 0.154. The highest BCUT2D eigenvalue weighted by atomic mass is 32.2. The van der Waals surface area contributed by atoms with E-state index >= 15 is 0 Å². The van der Waals surface area contributed by atoms with Crippen molar-refractivity contribution in [2.24, 2.45) is 5.73 Å². The van der Waals surface area contributed by atoms with Gasteiger partial charge in [0.05, 0.1) is 5.56 Å². The van der Waals surface area contributed by atoms with E-state index in [1.165, 1.54) is 11.8 Å². The number of carbonyl (C=O) groups is 2. The van der Waals surface area contributed by atoms with Gasteiger partial charge in [0.15, 0.2) is 0 Å². The molecule has 0 aliphatic rings. The van der Waals surface area contributed by atoms with Gasteiger partial charge >= 0.3 is 5.97 Å². The molecule has 2 heterocycles. The quantitative estimate of drug-likeness (QED) is 0.905. The molecule has 0 unspecified atom stereocenters. The molecule has 0 saturated heterocycles. The minimum atomic E-state index is -0.967. The Balaban J connectivity index is 2.41. The molecule has 1 amide bonds. The minimum Gasteiger partial charge on any atom is -0.477 e. The number of nitrogens with two attached hydrogens (primary N) is 1. The zero-order chi connectivity index (χ0) is 14.9. The molecule has 0 atom stereocenters. The normalized spacial score (nSPS) is 10.5. The molecule has 5 nitrogen and oxygen atoms in total. The van der Waals surface area contributed by atoms with Crippen molar-refractivity contribution in [2.75, 3.05) is 0 Å². The van der Waals surface area contributed by atoms with Crippen molar-refractivity contribution in [3.05, 3.63) is 39.2 Å². The average Bonchev–Trinajstić information content (AvgIpc) is 2.75.